The molecule has 1 aliphatic carbocycles. The van der Waals surface area contributed by atoms with E-state index in [1.807, 2.05) is 23.4 Å². The van der Waals surface area contributed by atoms with Gasteiger partial charge in [0.2, 0.25) is 0 Å². The molecule has 2 aliphatic rings. The number of amides is 2. The van der Waals surface area contributed by atoms with Gasteiger partial charge < -0.3 is 4.90 Å². The minimum absolute atomic E-state index is 0.0609. The number of hydrogen-bond donors (Lipinski definition) is 1. The maximum atomic E-state index is 13.1. The van der Waals surface area contributed by atoms with E-state index in [0.717, 1.165) is 24.2 Å². The largest absolute Gasteiger partial charge is 0.336 e. The van der Waals surface area contributed by atoms with Gasteiger partial charge in [-0.2, -0.15) is 0 Å². The molecule has 1 aromatic carbocycles. The van der Waals surface area contributed by atoms with Gasteiger partial charge in [0.25, 0.3) is 0 Å². The number of fused-ring (bicyclic) bond motifs is 2. The Balaban J connectivity index is 1.90. The zero-order chi connectivity index (χ0) is 23.8. The van der Waals surface area contributed by atoms with Gasteiger partial charge in [-0.25, -0.2) is 14.9 Å². The van der Waals surface area contributed by atoms with Gasteiger partial charge >= 0.3 is 6.03 Å². The fourth-order valence-electron chi connectivity index (χ4n) is 5.66. The van der Waals surface area contributed by atoms with Gasteiger partial charge in [0.15, 0.2) is 0 Å². The number of urea groups is 1. The molecule has 0 bridgehead atoms. The molecule has 0 spiro atoms. The molecule has 2 amide bonds. The number of nitrogens with one attached hydrogen (secondary N) is 1. The molecule has 2 heterocycles. The average Bonchev–Trinajstić information content (AvgIpc) is 3.07. The number of nitrogens with zero attached hydrogens (tertiary/aromatic N) is 3. The van der Waals surface area contributed by atoms with Gasteiger partial charge in [-0.1, -0.05) is 44.6 Å². The summed E-state index contributed by atoms with van der Waals surface area (Å²) < 4.78 is 2.00. The van der Waals surface area contributed by atoms with Crippen molar-refractivity contribution in [2.24, 2.45) is 0 Å². The van der Waals surface area contributed by atoms with Gasteiger partial charge in [-0.15, -0.1) is 5.54 Å². The zero-order valence-electron chi connectivity index (χ0n) is 21.3. The number of aromatic nitrogens is 1. The molecule has 33 heavy (non-hydrogen) atoms. The van der Waals surface area contributed by atoms with E-state index in [0.29, 0.717) is 25.0 Å². The van der Waals surface area contributed by atoms with E-state index in [4.69, 9.17) is 0 Å². The molecule has 1 saturated heterocycles. The van der Waals surface area contributed by atoms with Crippen LogP contribution in [-0.4, -0.2) is 60.8 Å². The van der Waals surface area contributed by atoms with Crippen molar-refractivity contribution >= 4 is 25.0 Å². The van der Waals surface area contributed by atoms with Crippen molar-refractivity contribution in [3.05, 3.63) is 35.0 Å². The Bertz CT molecular complexity index is 1080. The molecule has 0 radical (unpaired) electrons. The average molecular weight is 465 g/mol. The van der Waals surface area contributed by atoms with Gasteiger partial charge in [0, 0.05) is 30.4 Å². The van der Waals surface area contributed by atoms with Crippen molar-refractivity contribution in [1.29, 1.82) is 0 Å². The molecule has 1 N–H and O–H groups in total. The maximum absolute atomic E-state index is 13.1. The zero-order valence-corrected chi connectivity index (χ0v) is 22.3. The van der Waals surface area contributed by atoms with Crippen molar-refractivity contribution in [3.63, 3.8) is 0 Å². The molecule has 0 saturated carbocycles. The third kappa shape index (κ3) is 4.58. The van der Waals surface area contributed by atoms with Crippen LogP contribution < -0.4 is 5.43 Å². The first-order valence-corrected chi connectivity index (χ1v) is 16.3. The molecule has 5 nitrogen and oxygen atoms in total. The Hall–Kier alpha value is -2.23. The highest BCUT2D eigenvalue weighted by Gasteiger charge is 2.39. The van der Waals surface area contributed by atoms with Crippen LogP contribution in [0.25, 0.3) is 10.9 Å². The Morgan fingerprint density at radius 2 is 1.97 bits per heavy atom. The van der Waals surface area contributed by atoms with Crippen molar-refractivity contribution in [1.82, 2.24) is 14.5 Å². The Morgan fingerprint density at radius 3 is 2.64 bits per heavy atom. The molecule has 1 aliphatic heterocycles. The van der Waals surface area contributed by atoms with Crippen LogP contribution in [0.15, 0.2) is 18.2 Å². The summed E-state index contributed by atoms with van der Waals surface area (Å²) in [5, 5.41) is 1.33. The third-order valence-corrected chi connectivity index (χ3v) is 8.03. The number of piperidine rings is 1. The summed E-state index contributed by atoms with van der Waals surface area (Å²) in [6, 6.07) is 7.10. The predicted molar refractivity (Wildman–Crippen MR) is 141 cm³/mol. The van der Waals surface area contributed by atoms with Crippen LogP contribution in [-0.2, 0) is 6.42 Å². The van der Waals surface area contributed by atoms with Crippen LogP contribution in [0.4, 0.5) is 4.79 Å². The summed E-state index contributed by atoms with van der Waals surface area (Å²) in [7, 11) is -1.59. The quantitative estimate of drug-likeness (QED) is 0.476. The van der Waals surface area contributed by atoms with Gasteiger partial charge in [-0.3, -0.25) is 4.90 Å². The number of hydrogen-bond acceptors (Lipinski definition) is 2. The van der Waals surface area contributed by atoms with Gasteiger partial charge in [0.05, 0.1) is 5.52 Å². The smallest absolute Gasteiger partial charge is 0.324 e. The predicted octanol–water partition coefficient (Wildman–Crippen LogP) is 5.39. The lowest BCUT2D eigenvalue weighted by molar-refractivity contribution is 0.124. The second-order valence-corrected chi connectivity index (χ2v) is 15.3. The highest BCUT2D eigenvalue weighted by molar-refractivity contribution is 6.83. The summed E-state index contributed by atoms with van der Waals surface area (Å²) in [5.74, 6) is 4.13. The fourth-order valence-corrected chi connectivity index (χ4v) is 6.15. The van der Waals surface area contributed by atoms with Crippen LogP contribution in [0.2, 0.25) is 19.6 Å². The van der Waals surface area contributed by atoms with Crippen molar-refractivity contribution in [3.8, 4) is 11.5 Å². The number of likely N-dealkylation sites (tertiary alicyclic amines) is 1. The Labute approximate surface area is 200 Å². The van der Waals surface area contributed by atoms with E-state index < -0.39 is 8.07 Å². The summed E-state index contributed by atoms with van der Waals surface area (Å²) in [6.07, 6.45) is 4.70. The number of carbonyl (C=O) groups excluding carboxylic acids is 1. The standard InChI is InChI=1S/C27H40N4OSi/c1-7-16-30-17-11-13-20-21-12-10-14-24-26(21)22(19-25(20)30)23(15-18-33(4,5)6)31(24)28-27(32)29(8-2)9-3/h10,12,14,20,25H,7-9,11,13,16-17,19H2,1-6H3,(H,28,32)/t20-,25-/m1/s1. The van der Waals surface area contributed by atoms with Crippen molar-refractivity contribution in [2.45, 2.75) is 78.1 Å². The second kappa shape index (κ2) is 9.56. The third-order valence-electron chi connectivity index (χ3n) is 7.16. The van der Waals surface area contributed by atoms with E-state index in [9.17, 15) is 4.79 Å². The molecular formula is C27H40N4OSi. The molecule has 4 rings (SSSR count). The molecule has 1 aromatic heterocycles. The molecule has 178 valence electrons. The number of rotatable bonds is 5. The lowest BCUT2D eigenvalue weighted by atomic mass is 9.74. The fraction of sp³-hybridized carbons (Fsp3) is 0.593. The Kier molecular flexibility index (Phi) is 6.92. The van der Waals surface area contributed by atoms with E-state index in [-0.39, 0.29) is 6.03 Å². The van der Waals surface area contributed by atoms with Crippen molar-refractivity contribution in [2.75, 3.05) is 31.6 Å². The van der Waals surface area contributed by atoms with E-state index in [2.05, 4.69) is 66.6 Å². The normalized spacial score (nSPS) is 20.2. The lowest BCUT2D eigenvalue weighted by Crippen LogP contribution is -2.47. The summed E-state index contributed by atoms with van der Waals surface area (Å²) in [4.78, 5) is 17.6. The second-order valence-electron chi connectivity index (χ2n) is 10.5. The highest BCUT2D eigenvalue weighted by atomic mass is 28.3. The molecular weight excluding hydrogens is 424 g/mol. The molecule has 2 aromatic rings. The number of benzene rings is 1. The minimum atomic E-state index is -1.59. The topological polar surface area (TPSA) is 40.5 Å². The van der Waals surface area contributed by atoms with Crippen LogP contribution in [0.5, 0.6) is 0 Å². The first-order valence-electron chi connectivity index (χ1n) is 12.8. The van der Waals surface area contributed by atoms with Gasteiger partial charge in [-0.05, 0) is 69.8 Å². The van der Waals surface area contributed by atoms with E-state index in [1.165, 1.54) is 42.3 Å². The first kappa shape index (κ1) is 23.9. The van der Waals surface area contributed by atoms with Crippen LogP contribution in [0.1, 0.15) is 62.8 Å². The Morgan fingerprint density at radius 1 is 1.21 bits per heavy atom. The maximum Gasteiger partial charge on any atom is 0.336 e. The monoisotopic (exact) mass is 464 g/mol. The van der Waals surface area contributed by atoms with Crippen LogP contribution in [0, 0.1) is 11.5 Å². The SMILES string of the molecule is CCCN1CCC[C@@H]2c3cccc4c3c(c(C#C[Si](C)(C)C)n4NC(=O)N(CC)CC)C[C@H]21. The lowest BCUT2D eigenvalue weighted by Gasteiger charge is -2.44. The molecule has 2 atom stereocenters. The molecule has 6 heteroatoms. The summed E-state index contributed by atoms with van der Waals surface area (Å²) in [5.41, 5.74) is 11.7. The highest BCUT2D eigenvalue weighted by Crippen LogP contribution is 2.45. The summed E-state index contributed by atoms with van der Waals surface area (Å²) >= 11 is 0. The van der Waals surface area contributed by atoms with Crippen molar-refractivity contribution < 1.29 is 4.79 Å². The van der Waals surface area contributed by atoms with E-state index in [1.54, 1.807) is 0 Å². The minimum Gasteiger partial charge on any atom is -0.324 e. The van der Waals surface area contributed by atoms with E-state index >= 15 is 0 Å². The first-order chi connectivity index (χ1) is 15.8. The van der Waals surface area contributed by atoms with Crippen LogP contribution >= 0.6 is 0 Å². The molecule has 1 fully saturated rings. The van der Waals surface area contributed by atoms with Gasteiger partial charge in [0.1, 0.15) is 13.8 Å². The summed E-state index contributed by atoms with van der Waals surface area (Å²) in [6.45, 7) is 16.9. The van der Waals surface area contributed by atoms with Crippen LogP contribution in [0.3, 0.4) is 0 Å². The molecule has 0 unspecified atom stereocenters. The number of carbonyl (C=O) groups is 1.